The van der Waals surface area contributed by atoms with Gasteiger partial charge in [0.2, 0.25) is 0 Å². The SMILES string of the molecule is COc1cccc(C(C)(O)CNC2CC2)c1F. The molecular weight excluding hydrogens is 221 g/mol. The Morgan fingerprint density at radius 3 is 2.82 bits per heavy atom. The van der Waals surface area contributed by atoms with Gasteiger partial charge in [-0.05, 0) is 25.8 Å². The van der Waals surface area contributed by atoms with Gasteiger partial charge in [-0.15, -0.1) is 0 Å². The molecule has 1 saturated carbocycles. The zero-order valence-corrected chi connectivity index (χ0v) is 10.2. The number of halogens is 1. The van der Waals surface area contributed by atoms with Gasteiger partial charge in [0, 0.05) is 18.2 Å². The number of hydrogen-bond donors (Lipinski definition) is 2. The Kier molecular flexibility index (Phi) is 3.35. The molecule has 0 saturated heterocycles. The maximum Gasteiger partial charge on any atom is 0.171 e. The van der Waals surface area contributed by atoms with Crippen LogP contribution < -0.4 is 10.1 Å². The minimum atomic E-state index is -1.22. The third-order valence-electron chi connectivity index (χ3n) is 3.08. The van der Waals surface area contributed by atoms with Gasteiger partial charge in [0.1, 0.15) is 5.60 Å². The molecule has 1 fully saturated rings. The van der Waals surface area contributed by atoms with Crippen LogP contribution in [0, 0.1) is 5.82 Å². The molecule has 0 heterocycles. The van der Waals surface area contributed by atoms with Gasteiger partial charge in [-0.1, -0.05) is 12.1 Å². The summed E-state index contributed by atoms with van der Waals surface area (Å²) >= 11 is 0. The number of nitrogens with one attached hydrogen (secondary N) is 1. The standard InChI is InChI=1S/C13H18FNO2/c1-13(16,8-15-9-6-7-9)10-4-3-5-11(17-2)12(10)14/h3-5,9,15-16H,6-8H2,1-2H3. The van der Waals surface area contributed by atoms with Crippen molar-refractivity contribution >= 4 is 0 Å². The predicted molar refractivity (Wildman–Crippen MR) is 63.5 cm³/mol. The molecule has 3 nitrogen and oxygen atoms in total. The summed E-state index contributed by atoms with van der Waals surface area (Å²) in [6.45, 7) is 1.96. The molecule has 2 N–H and O–H groups in total. The third-order valence-corrected chi connectivity index (χ3v) is 3.08. The molecule has 1 unspecified atom stereocenters. The highest BCUT2D eigenvalue weighted by Gasteiger charge is 2.31. The van der Waals surface area contributed by atoms with E-state index in [1.807, 2.05) is 0 Å². The van der Waals surface area contributed by atoms with Gasteiger partial charge in [0.15, 0.2) is 11.6 Å². The van der Waals surface area contributed by atoms with Crippen LogP contribution in [0.2, 0.25) is 0 Å². The summed E-state index contributed by atoms with van der Waals surface area (Å²) in [4.78, 5) is 0. The first kappa shape index (κ1) is 12.3. The van der Waals surface area contributed by atoms with Crippen LogP contribution in [0.3, 0.4) is 0 Å². The minimum Gasteiger partial charge on any atom is -0.494 e. The van der Waals surface area contributed by atoms with Crippen LogP contribution in [0.15, 0.2) is 18.2 Å². The highest BCUT2D eigenvalue weighted by Crippen LogP contribution is 2.29. The second-order valence-corrected chi connectivity index (χ2v) is 4.75. The van der Waals surface area contributed by atoms with Gasteiger partial charge in [0.25, 0.3) is 0 Å². The molecule has 17 heavy (non-hydrogen) atoms. The van der Waals surface area contributed by atoms with E-state index in [9.17, 15) is 9.50 Å². The second-order valence-electron chi connectivity index (χ2n) is 4.75. The molecule has 0 aromatic heterocycles. The van der Waals surface area contributed by atoms with Crippen LogP contribution >= 0.6 is 0 Å². The fourth-order valence-corrected chi connectivity index (χ4v) is 1.81. The molecule has 0 bridgehead atoms. The molecule has 0 amide bonds. The van der Waals surface area contributed by atoms with E-state index >= 15 is 0 Å². The van der Waals surface area contributed by atoms with Crippen molar-refractivity contribution in [1.29, 1.82) is 0 Å². The Morgan fingerprint density at radius 1 is 1.53 bits per heavy atom. The highest BCUT2D eigenvalue weighted by molar-refractivity contribution is 5.34. The molecule has 0 radical (unpaired) electrons. The van der Waals surface area contributed by atoms with Crippen LogP contribution in [-0.2, 0) is 5.60 Å². The average molecular weight is 239 g/mol. The maximum absolute atomic E-state index is 14.0. The fourth-order valence-electron chi connectivity index (χ4n) is 1.81. The summed E-state index contributed by atoms with van der Waals surface area (Å²) < 4.78 is 18.9. The lowest BCUT2D eigenvalue weighted by molar-refractivity contribution is 0.0523. The zero-order valence-electron chi connectivity index (χ0n) is 10.2. The van der Waals surface area contributed by atoms with E-state index in [1.54, 1.807) is 25.1 Å². The van der Waals surface area contributed by atoms with Crippen molar-refractivity contribution in [3.05, 3.63) is 29.6 Å². The highest BCUT2D eigenvalue weighted by atomic mass is 19.1. The van der Waals surface area contributed by atoms with Gasteiger partial charge in [0.05, 0.1) is 7.11 Å². The second kappa shape index (κ2) is 4.63. The van der Waals surface area contributed by atoms with Crippen molar-refractivity contribution in [3.8, 4) is 5.75 Å². The van der Waals surface area contributed by atoms with Crippen molar-refractivity contribution in [2.45, 2.75) is 31.4 Å². The molecule has 1 aromatic carbocycles. The maximum atomic E-state index is 14.0. The lowest BCUT2D eigenvalue weighted by atomic mass is 9.95. The van der Waals surface area contributed by atoms with Crippen LogP contribution in [0.4, 0.5) is 4.39 Å². The first-order chi connectivity index (χ1) is 8.04. The van der Waals surface area contributed by atoms with Crippen LogP contribution in [-0.4, -0.2) is 24.8 Å². The van der Waals surface area contributed by atoms with E-state index in [0.29, 0.717) is 12.6 Å². The Morgan fingerprint density at radius 2 is 2.24 bits per heavy atom. The van der Waals surface area contributed by atoms with Crippen molar-refractivity contribution in [2.75, 3.05) is 13.7 Å². The molecule has 0 spiro atoms. The largest absolute Gasteiger partial charge is 0.494 e. The molecule has 4 heteroatoms. The van der Waals surface area contributed by atoms with Crippen molar-refractivity contribution < 1.29 is 14.2 Å². The molecule has 2 rings (SSSR count). The normalized spacial score (nSPS) is 18.8. The van der Waals surface area contributed by atoms with Gasteiger partial charge in [-0.3, -0.25) is 0 Å². The number of rotatable bonds is 5. The van der Waals surface area contributed by atoms with Gasteiger partial charge in [-0.2, -0.15) is 0 Å². The first-order valence-corrected chi connectivity index (χ1v) is 5.83. The Labute approximate surface area is 101 Å². The molecular formula is C13H18FNO2. The monoisotopic (exact) mass is 239 g/mol. The van der Waals surface area contributed by atoms with E-state index in [-0.39, 0.29) is 11.3 Å². The molecule has 0 aliphatic heterocycles. The number of methoxy groups -OCH3 is 1. The lowest BCUT2D eigenvalue weighted by Gasteiger charge is -2.25. The summed E-state index contributed by atoms with van der Waals surface area (Å²) in [5.41, 5.74) is -0.952. The third kappa shape index (κ3) is 2.76. The Bertz CT molecular complexity index is 402. The van der Waals surface area contributed by atoms with Gasteiger partial charge < -0.3 is 15.2 Å². The van der Waals surface area contributed by atoms with Crippen LogP contribution in [0.1, 0.15) is 25.3 Å². The Balaban J connectivity index is 2.18. The smallest absolute Gasteiger partial charge is 0.171 e. The van der Waals surface area contributed by atoms with Crippen LogP contribution in [0.5, 0.6) is 5.75 Å². The topological polar surface area (TPSA) is 41.5 Å². The van der Waals surface area contributed by atoms with Crippen molar-refractivity contribution in [1.82, 2.24) is 5.32 Å². The summed E-state index contributed by atoms with van der Waals surface area (Å²) in [7, 11) is 1.42. The molecule has 1 atom stereocenters. The summed E-state index contributed by atoms with van der Waals surface area (Å²) in [6.07, 6.45) is 2.27. The first-order valence-electron chi connectivity index (χ1n) is 5.83. The van der Waals surface area contributed by atoms with E-state index < -0.39 is 11.4 Å². The summed E-state index contributed by atoms with van der Waals surface area (Å²) in [6, 6.07) is 5.30. The fraction of sp³-hybridized carbons (Fsp3) is 0.538. The summed E-state index contributed by atoms with van der Waals surface area (Å²) in [5, 5.41) is 13.5. The number of benzene rings is 1. The van der Waals surface area contributed by atoms with Crippen molar-refractivity contribution in [3.63, 3.8) is 0 Å². The van der Waals surface area contributed by atoms with E-state index in [1.165, 1.54) is 7.11 Å². The molecule has 1 aromatic rings. The summed E-state index contributed by atoms with van der Waals surface area (Å²) in [5.74, 6) is -0.327. The number of hydrogen-bond acceptors (Lipinski definition) is 3. The zero-order chi connectivity index (χ0) is 12.5. The number of ether oxygens (including phenoxy) is 1. The molecule has 1 aliphatic carbocycles. The van der Waals surface area contributed by atoms with Gasteiger partial charge in [-0.25, -0.2) is 4.39 Å². The quantitative estimate of drug-likeness (QED) is 0.823. The average Bonchev–Trinajstić information content (AvgIpc) is 3.10. The Hall–Kier alpha value is -1.13. The predicted octanol–water partition coefficient (Wildman–Crippen LogP) is 1.79. The minimum absolute atomic E-state index is 0.161. The van der Waals surface area contributed by atoms with E-state index in [2.05, 4.69) is 5.32 Å². The van der Waals surface area contributed by atoms with E-state index in [0.717, 1.165) is 12.8 Å². The van der Waals surface area contributed by atoms with Crippen molar-refractivity contribution in [2.24, 2.45) is 0 Å². The molecule has 1 aliphatic rings. The number of aliphatic hydroxyl groups is 1. The van der Waals surface area contributed by atoms with Gasteiger partial charge >= 0.3 is 0 Å². The molecule has 94 valence electrons. The van der Waals surface area contributed by atoms with Crippen LogP contribution in [0.25, 0.3) is 0 Å². The lowest BCUT2D eigenvalue weighted by Crippen LogP contribution is -2.37. The van der Waals surface area contributed by atoms with E-state index in [4.69, 9.17) is 4.74 Å².